The molecule has 3 heterocycles. The van der Waals surface area contributed by atoms with Gasteiger partial charge in [-0.25, -0.2) is 0 Å². The fourth-order valence-corrected chi connectivity index (χ4v) is 2.09. The van der Waals surface area contributed by atoms with E-state index in [2.05, 4.69) is 4.98 Å². The van der Waals surface area contributed by atoms with Crippen molar-refractivity contribution in [1.29, 1.82) is 0 Å². The van der Waals surface area contributed by atoms with E-state index in [9.17, 15) is 15.0 Å². The van der Waals surface area contributed by atoms with Crippen molar-refractivity contribution in [2.75, 3.05) is 6.61 Å². The molecule has 0 radical (unpaired) electrons. The van der Waals surface area contributed by atoms with E-state index in [-0.39, 0.29) is 18.2 Å². The number of fused-ring (bicyclic) bond motifs is 4. The van der Waals surface area contributed by atoms with Crippen LogP contribution < -0.4 is 10.3 Å². The largest absolute Gasteiger partial charge is 0.462 e. The molecule has 7 nitrogen and oxygen atoms in total. The minimum absolute atomic E-state index is 0.0597. The molecule has 0 unspecified atom stereocenters. The monoisotopic (exact) mass is 240 g/mol. The number of aliphatic hydroxyl groups is 2. The molecule has 3 rings (SSSR count). The zero-order chi connectivity index (χ0) is 12.2. The second kappa shape index (κ2) is 3.52. The number of nitrogens with zero attached hydrogens (tertiary/aromatic N) is 2. The quantitative estimate of drug-likeness (QED) is 0.577. The lowest BCUT2D eigenvalue weighted by Crippen LogP contribution is -2.37. The molecule has 1 aromatic rings. The van der Waals surface area contributed by atoms with Gasteiger partial charge in [-0.2, -0.15) is 4.98 Å². The first-order valence-corrected chi connectivity index (χ1v) is 5.32. The molecule has 2 N–H and O–H groups in total. The number of aliphatic hydroxyl groups excluding tert-OH is 2. The van der Waals surface area contributed by atoms with Crippen molar-refractivity contribution in [3.8, 4) is 6.01 Å². The maximum absolute atomic E-state index is 11.4. The van der Waals surface area contributed by atoms with Gasteiger partial charge in [0.15, 0.2) is 6.23 Å². The summed E-state index contributed by atoms with van der Waals surface area (Å²) in [6.45, 7) is 1.67. The molecule has 0 aliphatic carbocycles. The molecular weight excluding hydrogens is 228 g/mol. The highest BCUT2D eigenvalue weighted by atomic mass is 16.6. The lowest BCUT2D eigenvalue weighted by molar-refractivity contribution is -0.0317. The molecule has 92 valence electrons. The summed E-state index contributed by atoms with van der Waals surface area (Å²) >= 11 is 0. The zero-order valence-corrected chi connectivity index (χ0v) is 9.11. The molecule has 0 spiro atoms. The summed E-state index contributed by atoms with van der Waals surface area (Å²) in [7, 11) is 0. The van der Waals surface area contributed by atoms with Gasteiger partial charge in [-0.15, -0.1) is 0 Å². The van der Waals surface area contributed by atoms with Crippen LogP contribution in [0, 0.1) is 6.92 Å². The fraction of sp³-hybridized carbons (Fsp3) is 0.600. The van der Waals surface area contributed by atoms with Crippen LogP contribution >= 0.6 is 0 Å². The highest BCUT2D eigenvalue weighted by Crippen LogP contribution is 2.34. The van der Waals surface area contributed by atoms with Crippen molar-refractivity contribution in [3.63, 3.8) is 0 Å². The summed E-state index contributed by atoms with van der Waals surface area (Å²) in [5, 5.41) is 19.5. The predicted octanol–water partition coefficient (Wildman–Crippen LogP) is -1.44. The molecule has 2 aliphatic heterocycles. The lowest BCUT2D eigenvalue weighted by Gasteiger charge is -2.21. The maximum atomic E-state index is 11.4. The Labute approximate surface area is 96.2 Å². The van der Waals surface area contributed by atoms with Crippen LogP contribution in [0.15, 0.2) is 11.0 Å². The lowest BCUT2D eigenvalue weighted by atomic mass is 10.1. The molecule has 17 heavy (non-hydrogen) atoms. The second-order valence-electron chi connectivity index (χ2n) is 4.28. The third-order valence-electron chi connectivity index (χ3n) is 3.08. The van der Waals surface area contributed by atoms with E-state index in [1.165, 1.54) is 10.8 Å². The number of ether oxygens (including phenoxy) is 2. The molecule has 0 amide bonds. The van der Waals surface area contributed by atoms with Gasteiger partial charge in [0.2, 0.25) is 0 Å². The number of rotatable bonds is 0. The summed E-state index contributed by atoms with van der Waals surface area (Å²) in [5.41, 5.74) is 0.0528. The van der Waals surface area contributed by atoms with Crippen LogP contribution in [0.5, 0.6) is 6.01 Å². The van der Waals surface area contributed by atoms with E-state index in [1.807, 2.05) is 0 Å². The van der Waals surface area contributed by atoms with Crippen LogP contribution in [-0.2, 0) is 4.74 Å². The summed E-state index contributed by atoms with van der Waals surface area (Å²) in [5.74, 6) is 0. The number of aromatic nitrogens is 2. The molecule has 2 aliphatic rings. The third kappa shape index (κ3) is 1.47. The molecule has 4 atom stereocenters. The predicted molar refractivity (Wildman–Crippen MR) is 54.7 cm³/mol. The first kappa shape index (κ1) is 10.7. The Hall–Kier alpha value is -1.44. The van der Waals surface area contributed by atoms with Gasteiger partial charge in [0, 0.05) is 11.8 Å². The van der Waals surface area contributed by atoms with Crippen LogP contribution in [0.1, 0.15) is 11.8 Å². The van der Waals surface area contributed by atoms with Crippen LogP contribution in [0.25, 0.3) is 0 Å². The normalized spacial score (nSPS) is 35.0. The van der Waals surface area contributed by atoms with Crippen molar-refractivity contribution in [3.05, 3.63) is 22.1 Å². The summed E-state index contributed by atoms with van der Waals surface area (Å²) in [6.07, 6.45) is -1.90. The average Bonchev–Trinajstić information content (AvgIpc) is 2.49. The van der Waals surface area contributed by atoms with E-state index in [4.69, 9.17) is 9.47 Å². The van der Waals surface area contributed by atoms with Crippen LogP contribution in [0.2, 0.25) is 0 Å². The van der Waals surface area contributed by atoms with Crippen molar-refractivity contribution in [2.24, 2.45) is 0 Å². The number of hydrogen-bond acceptors (Lipinski definition) is 6. The zero-order valence-electron chi connectivity index (χ0n) is 9.11. The standard InChI is InChI=1S/C10H12N2O5/c1-4-2-12-9-7(14)6(13)5(17-9)3-16-10(12)11-8(4)15/h2,5-7,9,13-14H,3H2,1H3/t5-,6-,7-,9-/m1/s1. The highest BCUT2D eigenvalue weighted by molar-refractivity contribution is 5.12. The smallest absolute Gasteiger partial charge is 0.302 e. The number of hydrogen-bond donors (Lipinski definition) is 2. The van der Waals surface area contributed by atoms with E-state index < -0.39 is 24.5 Å². The van der Waals surface area contributed by atoms with Gasteiger partial charge in [-0.05, 0) is 6.92 Å². The van der Waals surface area contributed by atoms with Gasteiger partial charge >= 0.3 is 6.01 Å². The Bertz CT molecular complexity index is 514. The molecule has 0 aromatic carbocycles. The summed E-state index contributed by atoms with van der Waals surface area (Å²) in [6, 6.07) is 0.110. The van der Waals surface area contributed by atoms with E-state index in [0.29, 0.717) is 5.56 Å². The van der Waals surface area contributed by atoms with E-state index in [0.717, 1.165) is 0 Å². The minimum Gasteiger partial charge on any atom is -0.462 e. The summed E-state index contributed by atoms with van der Waals surface area (Å²) < 4.78 is 12.2. The van der Waals surface area contributed by atoms with Gasteiger partial charge < -0.3 is 19.7 Å². The van der Waals surface area contributed by atoms with E-state index >= 15 is 0 Å². The van der Waals surface area contributed by atoms with Gasteiger partial charge in [0.1, 0.15) is 24.9 Å². The molecule has 2 bridgehead atoms. The van der Waals surface area contributed by atoms with Gasteiger partial charge in [0.05, 0.1) is 0 Å². The molecule has 1 aromatic heterocycles. The Morgan fingerprint density at radius 2 is 2.24 bits per heavy atom. The fourth-order valence-electron chi connectivity index (χ4n) is 2.09. The SMILES string of the molecule is Cc1cn2c(nc1=O)OC[C@H]1O[C@@H]2[C@H](O)[C@@H]1O. The molecule has 1 fully saturated rings. The van der Waals surface area contributed by atoms with Crippen molar-refractivity contribution < 1.29 is 19.7 Å². The first-order valence-electron chi connectivity index (χ1n) is 5.32. The average molecular weight is 240 g/mol. The van der Waals surface area contributed by atoms with Crippen molar-refractivity contribution >= 4 is 0 Å². The molecule has 7 heteroatoms. The Kier molecular flexibility index (Phi) is 2.22. The molecular formula is C10H12N2O5. The summed E-state index contributed by atoms with van der Waals surface area (Å²) in [4.78, 5) is 15.2. The van der Waals surface area contributed by atoms with Gasteiger partial charge in [-0.3, -0.25) is 9.36 Å². The second-order valence-corrected chi connectivity index (χ2v) is 4.28. The van der Waals surface area contributed by atoms with Gasteiger partial charge in [0.25, 0.3) is 5.56 Å². The molecule has 1 saturated heterocycles. The van der Waals surface area contributed by atoms with Crippen LogP contribution in [0.4, 0.5) is 0 Å². The first-order chi connectivity index (χ1) is 8.08. The Morgan fingerprint density at radius 3 is 3.00 bits per heavy atom. The van der Waals surface area contributed by atoms with Crippen molar-refractivity contribution in [1.82, 2.24) is 9.55 Å². The minimum atomic E-state index is -1.05. The van der Waals surface area contributed by atoms with E-state index in [1.54, 1.807) is 6.92 Å². The maximum Gasteiger partial charge on any atom is 0.302 e. The van der Waals surface area contributed by atoms with Gasteiger partial charge in [-0.1, -0.05) is 0 Å². The van der Waals surface area contributed by atoms with Crippen molar-refractivity contribution in [2.45, 2.75) is 31.5 Å². The third-order valence-corrected chi connectivity index (χ3v) is 3.08. The highest BCUT2D eigenvalue weighted by Gasteiger charge is 2.46. The number of aryl methyl sites for hydroxylation is 1. The van der Waals surface area contributed by atoms with Crippen LogP contribution in [-0.4, -0.2) is 44.7 Å². The molecule has 0 saturated carbocycles. The van der Waals surface area contributed by atoms with Crippen LogP contribution in [0.3, 0.4) is 0 Å². The Morgan fingerprint density at radius 1 is 1.47 bits per heavy atom. The topological polar surface area (TPSA) is 93.8 Å². The Balaban J connectivity index is 2.13.